The zero-order valence-electron chi connectivity index (χ0n) is 14.1. The van der Waals surface area contributed by atoms with Crippen LogP contribution in [0.5, 0.6) is 0 Å². The Morgan fingerprint density at radius 1 is 1.38 bits per heavy atom. The molecule has 6 heteroatoms. The van der Waals surface area contributed by atoms with Crippen LogP contribution >= 0.6 is 23.4 Å². The van der Waals surface area contributed by atoms with E-state index >= 15 is 0 Å². The Hall–Kier alpha value is -1.46. The van der Waals surface area contributed by atoms with Gasteiger partial charge in [-0.2, -0.15) is 0 Å². The molecule has 1 aromatic heterocycles. The highest BCUT2D eigenvalue weighted by Crippen LogP contribution is 2.37. The maximum atomic E-state index is 12.2. The van der Waals surface area contributed by atoms with Crippen LogP contribution in [0.25, 0.3) is 10.8 Å². The highest BCUT2D eigenvalue weighted by molar-refractivity contribution is 8.00. The molecule has 1 atom stereocenters. The number of ether oxygens (including phenoxy) is 1. The molecule has 1 amide bonds. The Morgan fingerprint density at radius 3 is 2.92 bits per heavy atom. The quantitative estimate of drug-likeness (QED) is 0.752. The van der Waals surface area contributed by atoms with Gasteiger partial charge in [0, 0.05) is 41.0 Å². The zero-order chi connectivity index (χ0) is 17.3. The minimum atomic E-state index is -0.460. The van der Waals surface area contributed by atoms with Crippen LogP contribution in [0.2, 0.25) is 5.02 Å². The van der Waals surface area contributed by atoms with Gasteiger partial charge < -0.3 is 9.64 Å². The summed E-state index contributed by atoms with van der Waals surface area (Å²) in [5.41, 5.74) is -0.460. The zero-order valence-corrected chi connectivity index (χ0v) is 15.7. The van der Waals surface area contributed by atoms with Crippen molar-refractivity contribution in [1.82, 2.24) is 9.88 Å². The number of thioether (sulfide) groups is 1. The maximum absolute atomic E-state index is 12.2. The molecule has 0 bridgehead atoms. The van der Waals surface area contributed by atoms with Crippen LogP contribution in [0.1, 0.15) is 27.2 Å². The van der Waals surface area contributed by atoms with E-state index in [1.807, 2.05) is 39.1 Å². The molecule has 4 nitrogen and oxygen atoms in total. The number of amides is 1. The monoisotopic (exact) mass is 364 g/mol. The van der Waals surface area contributed by atoms with Crippen molar-refractivity contribution < 1.29 is 9.53 Å². The van der Waals surface area contributed by atoms with Gasteiger partial charge in [-0.15, -0.1) is 11.8 Å². The van der Waals surface area contributed by atoms with Gasteiger partial charge in [0.1, 0.15) is 5.60 Å². The summed E-state index contributed by atoms with van der Waals surface area (Å²) in [5, 5.41) is 3.22. The van der Waals surface area contributed by atoms with Gasteiger partial charge in [-0.25, -0.2) is 4.79 Å². The molecule has 1 saturated heterocycles. The van der Waals surface area contributed by atoms with Gasteiger partial charge in [0.2, 0.25) is 0 Å². The van der Waals surface area contributed by atoms with Gasteiger partial charge in [0.25, 0.3) is 0 Å². The second-order valence-corrected chi connectivity index (χ2v) is 8.71. The van der Waals surface area contributed by atoms with E-state index in [1.54, 1.807) is 22.9 Å². The third-order valence-electron chi connectivity index (χ3n) is 3.78. The van der Waals surface area contributed by atoms with Gasteiger partial charge in [0.05, 0.1) is 5.02 Å². The van der Waals surface area contributed by atoms with Crippen LogP contribution in [0.4, 0.5) is 4.79 Å². The van der Waals surface area contributed by atoms with Crippen LogP contribution < -0.4 is 0 Å². The number of carbonyl (C=O) groups excluding carboxylic acids is 1. The third-order valence-corrected chi connectivity index (χ3v) is 5.52. The van der Waals surface area contributed by atoms with Crippen molar-refractivity contribution in [2.45, 2.75) is 42.9 Å². The van der Waals surface area contributed by atoms with Crippen molar-refractivity contribution in [2.24, 2.45) is 0 Å². The molecule has 3 rings (SSSR count). The van der Waals surface area contributed by atoms with Gasteiger partial charge in [-0.3, -0.25) is 4.98 Å². The Labute approximate surface area is 151 Å². The summed E-state index contributed by atoms with van der Waals surface area (Å²) in [4.78, 5) is 19.1. The Bertz CT molecular complexity index is 760. The van der Waals surface area contributed by atoms with E-state index in [4.69, 9.17) is 16.3 Å². The lowest BCUT2D eigenvalue weighted by molar-refractivity contribution is 0.0295. The van der Waals surface area contributed by atoms with Crippen LogP contribution in [-0.4, -0.2) is 39.9 Å². The fourth-order valence-corrected chi connectivity index (χ4v) is 4.18. The summed E-state index contributed by atoms with van der Waals surface area (Å²) in [6.07, 6.45) is 4.30. The Balaban J connectivity index is 1.67. The number of aromatic nitrogens is 1. The molecule has 24 heavy (non-hydrogen) atoms. The van der Waals surface area contributed by atoms with E-state index in [0.29, 0.717) is 11.8 Å². The van der Waals surface area contributed by atoms with Crippen LogP contribution in [0.3, 0.4) is 0 Å². The lowest BCUT2D eigenvalue weighted by Crippen LogP contribution is -2.35. The number of halogens is 1. The minimum Gasteiger partial charge on any atom is -0.444 e. The first kappa shape index (κ1) is 17.4. The Kier molecular flexibility index (Phi) is 4.92. The van der Waals surface area contributed by atoms with Crippen molar-refractivity contribution in [3.8, 4) is 0 Å². The van der Waals surface area contributed by atoms with Crippen molar-refractivity contribution in [3.05, 3.63) is 35.6 Å². The number of fused-ring (bicyclic) bond motifs is 1. The molecule has 128 valence electrons. The molecule has 0 aliphatic carbocycles. The molecule has 2 heterocycles. The number of rotatable bonds is 2. The minimum absolute atomic E-state index is 0.235. The topological polar surface area (TPSA) is 42.4 Å². The fourth-order valence-electron chi connectivity index (χ4n) is 2.67. The third kappa shape index (κ3) is 4.14. The number of nitrogens with zero attached hydrogens (tertiary/aromatic N) is 2. The average molecular weight is 365 g/mol. The first-order chi connectivity index (χ1) is 11.3. The number of likely N-dealkylation sites (tertiary alicyclic amines) is 1. The highest BCUT2D eigenvalue weighted by Gasteiger charge is 2.30. The summed E-state index contributed by atoms with van der Waals surface area (Å²) < 4.78 is 5.45. The van der Waals surface area contributed by atoms with E-state index in [9.17, 15) is 4.79 Å². The molecule has 0 radical (unpaired) electrons. The van der Waals surface area contributed by atoms with E-state index in [1.165, 1.54) is 0 Å². The second kappa shape index (κ2) is 6.81. The molecule has 1 aromatic carbocycles. The van der Waals surface area contributed by atoms with E-state index < -0.39 is 5.60 Å². The number of pyridine rings is 1. The van der Waals surface area contributed by atoms with Gasteiger partial charge in [-0.05, 0) is 50.8 Å². The molecule has 0 unspecified atom stereocenters. The molecule has 1 aliphatic rings. The largest absolute Gasteiger partial charge is 0.444 e. The average Bonchev–Trinajstić information content (AvgIpc) is 2.95. The molecule has 2 aromatic rings. The summed E-state index contributed by atoms with van der Waals surface area (Å²) in [6.45, 7) is 7.07. The van der Waals surface area contributed by atoms with Gasteiger partial charge in [0.15, 0.2) is 0 Å². The number of hydrogen-bond donors (Lipinski definition) is 0. The smallest absolute Gasteiger partial charge is 0.410 e. The van der Waals surface area contributed by atoms with Crippen LogP contribution in [0.15, 0.2) is 35.5 Å². The van der Waals surface area contributed by atoms with Crippen molar-refractivity contribution >= 4 is 40.2 Å². The number of hydrogen-bond acceptors (Lipinski definition) is 4. The van der Waals surface area contributed by atoms with Crippen molar-refractivity contribution in [3.63, 3.8) is 0 Å². The van der Waals surface area contributed by atoms with E-state index in [2.05, 4.69) is 11.1 Å². The Morgan fingerprint density at radius 2 is 2.17 bits per heavy atom. The molecule has 0 N–H and O–H groups in total. The molecular weight excluding hydrogens is 344 g/mol. The lowest BCUT2D eigenvalue weighted by Gasteiger charge is -2.24. The first-order valence-corrected chi connectivity index (χ1v) is 9.25. The molecule has 0 spiro atoms. The predicted molar refractivity (Wildman–Crippen MR) is 98.8 cm³/mol. The lowest BCUT2D eigenvalue weighted by atomic mass is 10.2. The van der Waals surface area contributed by atoms with Crippen molar-refractivity contribution in [1.29, 1.82) is 0 Å². The van der Waals surface area contributed by atoms with Crippen LogP contribution in [0, 0.1) is 0 Å². The molecular formula is C18H21ClN2O2S. The molecule has 1 fully saturated rings. The number of benzene rings is 1. The highest BCUT2D eigenvalue weighted by atomic mass is 35.5. The molecule has 0 saturated carbocycles. The first-order valence-electron chi connectivity index (χ1n) is 8.00. The van der Waals surface area contributed by atoms with E-state index in [0.717, 1.165) is 33.7 Å². The summed E-state index contributed by atoms with van der Waals surface area (Å²) in [5.74, 6) is 0. The molecule has 1 aliphatic heterocycles. The second-order valence-electron chi connectivity index (χ2n) is 6.96. The van der Waals surface area contributed by atoms with Crippen LogP contribution in [-0.2, 0) is 4.74 Å². The predicted octanol–water partition coefficient (Wildman–Crippen LogP) is 4.99. The SMILES string of the molecule is CC(C)(C)OC(=O)N1CC[C@H](Sc2cc3ccncc3cc2Cl)C1. The maximum Gasteiger partial charge on any atom is 0.410 e. The van der Waals surface area contributed by atoms with Gasteiger partial charge >= 0.3 is 6.09 Å². The van der Waals surface area contributed by atoms with Crippen molar-refractivity contribution in [2.75, 3.05) is 13.1 Å². The van der Waals surface area contributed by atoms with Gasteiger partial charge in [-0.1, -0.05) is 11.6 Å². The normalized spacial score (nSPS) is 18.2. The standard InChI is InChI=1S/C18H21ClN2O2S/c1-18(2,3)23-17(22)21-7-5-14(11-21)24-16-9-12-4-6-20-10-13(12)8-15(16)19/h4,6,8-10,14H,5,7,11H2,1-3H3/t14-/m0/s1. The fraction of sp³-hybridized carbons (Fsp3) is 0.444. The number of carbonyl (C=O) groups is 1. The summed E-state index contributed by atoms with van der Waals surface area (Å²) >= 11 is 8.14. The summed E-state index contributed by atoms with van der Waals surface area (Å²) in [7, 11) is 0. The van der Waals surface area contributed by atoms with E-state index in [-0.39, 0.29) is 6.09 Å². The summed E-state index contributed by atoms with van der Waals surface area (Å²) in [6, 6.07) is 6.03.